The number of aryl methyl sites for hydroxylation is 1. The molecule has 152 valence electrons. The maximum atomic E-state index is 13.0. The number of alkyl halides is 3. The van der Waals surface area contributed by atoms with Gasteiger partial charge in [0.2, 0.25) is 0 Å². The van der Waals surface area contributed by atoms with Gasteiger partial charge in [-0.3, -0.25) is 4.90 Å². The number of rotatable bonds is 4. The summed E-state index contributed by atoms with van der Waals surface area (Å²) in [7, 11) is 0. The van der Waals surface area contributed by atoms with Crippen LogP contribution in [0.1, 0.15) is 16.8 Å². The van der Waals surface area contributed by atoms with Crippen molar-refractivity contribution in [2.24, 2.45) is 0 Å². The Labute approximate surface area is 168 Å². The summed E-state index contributed by atoms with van der Waals surface area (Å²) in [4.78, 5) is 7.85. The first-order valence-electron chi connectivity index (χ1n) is 9.78. The molecule has 0 amide bonds. The van der Waals surface area contributed by atoms with Crippen molar-refractivity contribution in [1.29, 1.82) is 0 Å². The summed E-state index contributed by atoms with van der Waals surface area (Å²) in [6.45, 7) is 6.00. The first kappa shape index (κ1) is 19.6. The Bertz CT molecular complexity index is 955. The van der Waals surface area contributed by atoms with Crippen LogP contribution in [0.3, 0.4) is 0 Å². The molecule has 29 heavy (non-hydrogen) atoms. The predicted molar refractivity (Wildman–Crippen MR) is 110 cm³/mol. The summed E-state index contributed by atoms with van der Waals surface area (Å²) in [5, 5.41) is 0. The Morgan fingerprint density at radius 1 is 0.897 bits per heavy atom. The number of anilines is 1. The summed E-state index contributed by atoms with van der Waals surface area (Å²) >= 11 is 0. The Morgan fingerprint density at radius 2 is 1.62 bits per heavy atom. The van der Waals surface area contributed by atoms with Crippen LogP contribution in [0.15, 0.2) is 60.7 Å². The molecule has 0 bridgehead atoms. The van der Waals surface area contributed by atoms with Crippen molar-refractivity contribution in [2.45, 2.75) is 19.6 Å². The lowest BCUT2D eigenvalue weighted by molar-refractivity contribution is -0.137. The van der Waals surface area contributed by atoms with Crippen LogP contribution in [0.25, 0.3) is 11.3 Å². The normalized spacial score (nSPS) is 15.7. The Hall–Kier alpha value is -2.73. The van der Waals surface area contributed by atoms with Gasteiger partial charge in [0.1, 0.15) is 0 Å². The molecule has 1 N–H and O–H groups in total. The number of nitrogens with zero attached hydrogens (tertiary/aromatic N) is 2. The average molecular weight is 399 g/mol. The van der Waals surface area contributed by atoms with Gasteiger partial charge in [-0.05, 0) is 42.3 Å². The highest BCUT2D eigenvalue weighted by atomic mass is 19.4. The largest absolute Gasteiger partial charge is 0.416 e. The highest BCUT2D eigenvalue weighted by Crippen LogP contribution is 2.32. The van der Waals surface area contributed by atoms with Gasteiger partial charge < -0.3 is 9.88 Å². The molecular weight excluding hydrogens is 375 g/mol. The van der Waals surface area contributed by atoms with E-state index in [0.717, 1.165) is 55.7 Å². The van der Waals surface area contributed by atoms with Gasteiger partial charge in [-0.1, -0.05) is 36.4 Å². The molecule has 1 aliphatic heterocycles. The minimum Gasteiger partial charge on any atom is -0.369 e. The second kappa shape index (κ2) is 7.95. The third-order valence-electron chi connectivity index (χ3n) is 5.51. The molecule has 1 saturated heterocycles. The topological polar surface area (TPSA) is 22.3 Å². The second-order valence-electron chi connectivity index (χ2n) is 7.51. The molecule has 0 atom stereocenters. The van der Waals surface area contributed by atoms with Crippen LogP contribution in [0, 0.1) is 6.92 Å². The fourth-order valence-corrected chi connectivity index (χ4v) is 3.82. The predicted octanol–water partition coefficient (Wildman–Crippen LogP) is 5.33. The molecular formula is C23H24F3N3. The van der Waals surface area contributed by atoms with Crippen molar-refractivity contribution < 1.29 is 13.2 Å². The monoisotopic (exact) mass is 399 g/mol. The zero-order valence-electron chi connectivity index (χ0n) is 16.3. The molecule has 6 heteroatoms. The minimum absolute atomic E-state index is 0.589. The maximum absolute atomic E-state index is 13.0. The molecule has 4 rings (SSSR count). The lowest BCUT2D eigenvalue weighted by Gasteiger charge is -2.36. The van der Waals surface area contributed by atoms with Crippen LogP contribution < -0.4 is 4.90 Å². The van der Waals surface area contributed by atoms with Gasteiger partial charge in [0, 0.05) is 49.8 Å². The van der Waals surface area contributed by atoms with Gasteiger partial charge in [0.25, 0.3) is 0 Å². The smallest absolute Gasteiger partial charge is 0.369 e. The lowest BCUT2D eigenvalue weighted by Crippen LogP contribution is -2.46. The van der Waals surface area contributed by atoms with E-state index in [2.05, 4.69) is 35.0 Å². The number of hydrogen-bond donors (Lipinski definition) is 1. The first-order chi connectivity index (χ1) is 13.9. The molecule has 0 aliphatic carbocycles. The molecule has 3 aromatic rings. The van der Waals surface area contributed by atoms with Crippen LogP contribution in [0.4, 0.5) is 18.9 Å². The zero-order chi connectivity index (χ0) is 20.4. The van der Waals surface area contributed by atoms with E-state index in [1.807, 2.05) is 23.1 Å². The Balaban J connectivity index is 1.39. The third kappa shape index (κ3) is 4.48. The van der Waals surface area contributed by atoms with Gasteiger partial charge in [0.15, 0.2) is 0 Å². The van der Waals surface area contributed by atoms with E-state index in [1.165, 1.54) is 17.7 Å². The number of piperazine rings is 1. The molecule has 2 aromatic carbocycles. The fourth-order valence-electron chi connectivity index (χ4n) is 3.82. The molecule has 1 aliphatic rings. The summed E-state index contributed by atoms with van der Waals surface area (Å²) < 4.78 is 38.9. The number of halogens is 3. The van der Waals surface area contributed by atoms with Crippen LogP contribution in [0.2, 0.25) is 0 Å². The van der Waals surface area contributed by atoms with E-state index >= 15 is 0 Å². The van der Waals surface area contributed by atoms with Crippen molar-refractivity contribution in [2.75, 3.05) is 31.1 Å². The number of nitrogens with one attached hydrogen (secondary N) is 1. The molecule has 3 nitrogen and oxygen atoms in total. The van der Waals surface area contributed by atoms with Crippen LogP contribution >= 0.6 is 0 Å². The average Bonchev–Trinajstić information content (AvgIpc) is 3.09. The minimum atomic E-state index is -4.31. The van der Waals surface area contributed by atoms with Crippen LogP contribution in [0.5, 0.6) is 0 Å². The summed E-state index contributed by atoms with van der Waals surface area (Å²) in [5.74, 6) is 0. The van der Waals surface area contributed by atoms with Crippen LogP contribution in [-0.4, -0.2) is 36.1 Å². The van der Waals surface area contributed by atoms with Gasteiger partial charge >= 0.3 is 6.18 Å². The van der Waals surface area contributed by atoms with E-state index < -0.39 is 11.7 Å². The van der Waals surface area contributed by atoms with E-state index in [9.17, 15) is 13.2 Å². The molecule has 0 unspecified atom stereocenters. The van der Waals surface area contributed by atoms with E-state index in [-0.39, 0.29) is 0 Å². The number of H-pyrrole nitrogens is 1. The van der Waals surface area contributed by atoms with Crippen molar-refractivity contribution in [3.8, 4) is 11.3 Å². The van der Waals surface area contributed by atoms with Gasteiger partial charge in [-0.2, -0.15) is 13.2 Å². The summed E-state index contributed by atoms with van der Waals surface area (Å²) in [6.07, 6.45) is -4.31. The SMILES string of the molecule is Cc1[nH]c(-c2ccccc2)cc1CN1CCN(c2cccc(C(F)(F)F)c2)CC1. The lowest BCUT2D eigenvalue weighted by atomic mass is 10.1. The quantitative estimate of drug-likeness (QED) is 0.641. The summed E-state index contributed by atoms with van der Waals surface area (Å²) in [6, 6.07) is 18.0. The highest BCUT2D eigenvalue weighted by Gasteiger charge is 2.31. The first-order valence-corrected chi connectivity index (χ1v) is 9.78. The number of aromatic amines is 1. The van der Waals surface area contributed by atoms with Gasteiger partial charge in [-0.15, -0.1) is 0 Å². The third-order valence-corrected chi connectivity index (χ3v) is 5.51. The summed E-state index contributed by atoms with van der Waals surface area (Å²) in [5.41, 5.74) is 4.75. The molecule has 0 saturated carbocycles. The second-order valence-corrected chi connectivity index (χ2v) is 7.51. The van der Waals surface area contributed by atoms with Crippen molar-refractivity contribution >= 4 is 5.69 Å². The Kier molecular flexibility index (Phi) is 5.37. The van der Waals surface area contributed by atoms with E-state index in [0.29, 0.717) is 5.69 Å². The molecule has 0 radical (unpaired) electrons. The van der Waals surface area contributed by atoms with Crippen LogP contribution in [-0.2, 0) is 12.7 Å². The maximum Gasteiger partial charge on any atom is 0.416 e. The number of aromatic nitrogens is 1. The molecule has 0 spiro atoms. The van der Waals surface area contributed by atoms with Crippen molar-refractivity contribution in [1.82, 2.24) is 9.88 Å². The van der Waals surface area contributed by atoms with Gasteiger partial charge in [0.05, 0.1) is 5.56 Å². The standard InChI is InChI=1S/C23H24F3N3/c1-17-19(14-22(27-17)18-6-3-2-4-7-18)16-28-10-12-29(13-11-28)21-9-5-8-20(15-21)23(24,25)26/h2-9,14-15,27H,10-13,16H2,1H3. The zero-order valence-corrected chi connectivity index (χ0v) is 16.3. The van der Waals surface area contributed by atoms with Crippen molar-refractivity contribution in [3.05, 3.63) is 77.5 Å². The fraction of sp³-hybridized carbons (Fsp3) is 0.304. The molecule has 1 fully saturated rings. The Morgan fingerprint density at radius 3 is 2.31 bits per heavy atom. The van der Waals surface area contributed by atoms with Gasteiger partial charge in [-0.25, -0.2) is 0 Å². The van der Waals surface area contributed by atoms with E-state index in [4.69, 9.17) is 0 Å². The van der Waals surface area contributed by atoms with Crippen molar-refractivity contribution in [3.63, 3.8) is 0 Å². The molecule has 2 heterocycles. The number of benzene rings is 2. The highest BCUT2D eigenvalue weighted by molar-refractivity contribution is 5.61. The number of hydrogen-bond acceptors (Lipinski definition) is 2. The molecule has 1 aromatic heterocycles. The van der Waals surface area contributed by atoms with E-state index in [1.54, 1.807) is 6.07 Å².